The quantitative estimate of drug-likeness (QED) is 0.560. The summed E-state index contributed by atoms with van der Waals surface area (Å²) in [5, 5.41) is 23.0. The Morgan fingerprint density at radius 1 is 1.29 bits per heavy atom. The maximum absolute atomic E-state index is 12.4. The van der Waals surface area contributed by atoms with E-state index >= 15 is 0 Å². The van der Waals surface area contributed by atoms with Crippen LogP contribution in [0.5, 0.6) is 5.75 Å². The van der Waals surface area contributed by atoms with E-state index in [2.05, 4.69) is 14.9 Å². The lowest BCUT2D eigenvalue weighted by molar-refractivity contribution is 0.280. The summed E-state index contributed by atoms with van der Waals surface area (Å²) in [6, 6.07) is 5.10. The molecule has 0 fully saturated rings. The Bertz CT molecular complexity index is 892. The third kappa shape index (κ3) is 3.72. The van der Waals surface area contributed by atoms with Gasteiger partial charge in [0.15, 0.2) is 0 Å². The summed E-state index contributed by atoms with van der Waals surface area (Å²) in [6.07, 6.45) is 2.55. The molecule has 2 aromatic rings. The lowest BCUT2D eigenvalue weighted by atomic mass is 10.1. The Hall–Kier alpha value is -2.45. The molecule has 1 heterocycles. The van der Waals surface area contributed by atoms with Gasteiger partial charge in [0.2, 0.25) is 0 Å². The first-order chi connectivity index (χ1) is 11.3. The van der Waals surface area contributed by atoms with Gasteiger partial charge in [0.05, 0.1) is 23.4 Å². The van der Waals surface area contributed by atoms with E-state index in [1.807, 2.05) is 6.07 Å². The van der Waals surface area contributed by atoms with Crippen molar-refractivity contribution in [2.75, 3.05) is 0 Å². The van der Waals surface area contributed by atoms with E-state index in [-0.39, 0.29) is 22.8 Å². The number of hydrogen-bond donors (Lipinski definition) is 3. The number of nitrogens with one attached hydrogen (secondary N) is 1. The van der Waals surface area contributed by atoms with Crippen molar-refractivity contribution in [3.8, 4) is 5.75 Å². The van der Waals surface area contributed by atoms with Crippen molar-refractivity contribution < 1.29 is 18.6 Å². The van der Waals surface area contributed by atoms with Crippen molar-refractivity contribution in [3.05, 3.63) is 52.3 Å². The van der Waals surface area contributed by atoms with Gasteiger partial charge in [-0.15, -0.1) is 0 Å². The molecule has 0 aliphatic rings. The van der Waals surface area contributed by atoms with Gasteiger partial charge < -0.3 is 10.2 Å². The molecular formula is C16H19N3O4S. The van der Waals surface area contributed by atoms with E-state index in [4.69, 9.17) is 0 Å². The van der Waals surface area contributed by atoms with Gasteiger partial charge >= 0.3 is 0 Å². The second-order valence-electron chi connectivity index (χ2n) is 5.41. The zero-order valence-corrected chi connectivity index (χ0v) is 14.4. The summed E-state index contributed by atoms with van der Waals surface area (Å²) < 4.78 is 24.7. The van der Waals surface area contributed by atoms with Gasteiger partial charge in [-0.2, -0.15) is 13.5 Å². The Balaban J connectivity index is 2.32. The molecule has 1 aromatic heterocycles. The first-order valence-electron chi connectivity index (χ1n) is 7.16. The van der Waals surface area contributed by atoms with Crippen LogP contribution in [0.4, 0.5) is 0 Å². The number of benzene rings is 1. The Morgan fingerprint density at radius 2 is 2.00 bits per heavy atom. The smallest absolute Gasteiger partial charge is 0.276 e. The zero-order chi connectivity index (χ0) is 17.9. The van der Waals surface area contributed by atoms with Crippen molar-refractivity contribution in [2.24, 2.45) is 5.10 Å². The number of hydrogen-bond acceptors (Lipinski definition) is 6. The van der Waals surface area contributed by atoms with Crippen LogP contribution in [0.3, 0.4) is 0 Å². The molecule has 0 aliphatic heterocycles. The van der Waals surface area contributed by atoms with E-state index in [0.29, 0.717) is 16.8 Å². The molecule has 24 heavy (non-hydrogen) atoms. The standard InChI is InChI=1S/C16H19N3O4S/c1-10-4-5-11(2)15(6-10)24(22,23)19-18-8-14-13(9-20)7-17-12(3)16(14)21/h4-8,19-21H,9H2,1-3H3. The number of hydrazone groups is 1. The molecule has 7 nitrogen and oxygen atoms in total. The predicted octanol–water partition coefficient (Wildman–Crippen LogP) is 1.52. The second-order valence-corrected chi connectivity index (χ2v) is 7.04. The molecule has 0 bridgehead atoms. The molecular weight excluding hydrogens is 330 g/mol. The molecule has 0 saturated heterocycles. The molecule has 128 valence electrons. The van der Waals surface area contributed by atoms with Crippen molar-refractivity contribution in [2.45, 2.75) is 32.3 Å². The molecule has 0 unspecified atom stereocenters. The predicted molar refractivity (Wildman–Crippen MR) is 90.4 cm³/mol. The fourth-order valence-corrected chi connectivity index (χ4v) is 3.25. The van der Waals surface area contributed by atoms with E-state index in [1.165, 1.54) is 6.20 Å². The van der Waals surface area contributed by atoms with Crippen LogP contribution in [0.25, 0.3) is 0 Å². The minimum Gasteiger partial charge on any atom is -0.505 e. The minimum atomic E-state index is -3.83. The van der Waals surface area contributed by atoms with Gasteiger partial charge in [-0.1, -0.05) is 12.1 Å². The lowest BCUT2D eigenvalue weighted by Crippen LogP contribution is -2.19. The Labute approximate surface area is 140 Å². The number of aryl methyl sites for hydroxylation is 3. The summed E-state index contributed by atoms with van der Waals surface area (Å²) in [5.41, 5.74) is 2.32. The van der Waals surface area contributed by atoms with Gasteiger partial charge in [-0.25, -0.2) is 4.83 Å². The van der Waals surface area contributed by atoms with Gasteiger partial charge in [0, 0.05) is 17.3 Å². The molecule has 3 N–H and O–H groups in total. The SMILES string of the molecule is Cc1ccc(C)c(S(=O)(=O)NN=Cc2c(CO)cnc(C)c2O)c1. The fraction of sp³-hybridized carbons (Fsp3) is 0.250. The number of aliphatic hydroxyl groups is 1. The summed E-state index contributed by atoms with van der Waals surface area (Å²) in [5.74, 6) is -0.156. The summed E-state index contributed by atoms with van der Waals surface area (Å²) >= 11 is 0. The number of aromatic hydroxyl groups is 1. The van der Waals surface area contributed by atoms with Gasteiger partial charge in [-0.3, -0.25) is 4.98 Å². The van der Waals surface area contributed by atoms with Gasteiger partial charge in [0.25, 0.3) is 10.0 Å². The second kappa shape index (κ2) is 6.98. The molecule has 0 spiro atoms. The van der Waals surface area contributed by atoms with Crippen LogP contribution >= 0.6 is 0 Å². The third-order valence-electron chi connectivity index (χ3n) is 3.53. The van der Waals surface area contributed by atoms with E-state index in [0.717, 1.165) is 11.8 Å². The highest BCUT2D eigenvalue weighted by Gasteiger charge is 2.16. The molecule has 0 aliphatic carbocycles. The highest BCUT2D eigenvalue weighted by molar-refractivity contribution is 7.89. The number of pyridine rings is 1. The monoisotopic (exact) mass is 349 g/mol. The van der Waals surface area contributed by atoms with Gasteiger partial charge in [-0.05, 0) is 38.0 Å². The van der Waals surface area contributed by atoms with Crippen LogP contribution < -0.4 is 4.83 Å². The first-order valence-corrected chi connectivity index (χ1v) is 8.65. The van der Waals surface area contributed by atoms with Crippen LogP contribution in [0, 0.1) is 20.8 Å². The first kappa shape index (κ1) is 17.9. The van der Waals surface area contributed by atoms with Crippen molar-refractivity contribution in [3.63, 3.8) is 0 Å². The molecule has 2 rings (SSSR count). The fourth-order valence-electron chi connectivity index (χ4n) is 2.13. The summed E-state index contributed by atoms with van der Waals surface area (Å²) in [4.78, 5) is 6.18. The summed E-state index contributed by atoms with van der Waals surface area (Å²) in [6.45, 7) is 4.73. The number of sulfonamides is 1. The minimum absolute atomic E-state index is 0.136. The highest BCUT2D eigenvalue weighted by Crippen LogP contribution is 2.22. The van der Waals surface area contributed by atoms with Crippen LogP contribution in [0.1, 0.15) is 27.9 Å². The largest absolute Gasteiger partial charge is 0.505 e. The van der Waals surface area contributed by atoms with Crippen molar-refractivity contribution in [1.29, 1.82) is 0 Å². The third-order valence-corrected chi connectivity index (χ3v) is 4.89. The molecule has 0 amide bonds. The van der Waals surface area contributed by atoms with Crippen molar-refractivity contribution >= 4 is 16.2 Å². The van der Waals surface area contributed by atoms with E-state index in [1.54, 1.807) is 32.9 Å². The maximum atomic E-state index is 12.4. The van der Waals surface area contributed by atoms with E-state index < -0.39 is 10.0 Å². The van der Waals surface area contributed by atoms with Crippen LogP contribution in [0.15, 0.2) is 34.4 Å². The molecule has 0 atom stereocenters. The lowest BCUT2D eigenvalue weighted by Gasteiger charge is -2.09. The number of aromatic nitrogens is 1. The molecule has 0 saturated carbocycles. The number of rotatable bonds is 5. The Morgan fingerprint density at radius 3 is 2.67 bits per heavy atom. The molecule has 0 radical (unpaired) electrons. The van der Waals surface area contributed by atoms with E-state index in [9.17, 15) is 18.6 Å². The normalized spacial score (nSPS) is 11.8. The number of nitrogens with zero attached hydrogens (tertiary/aromatic N) is 2. The van der Waals surface area contributed by atoms with Crippen LogP contribution in [0.2, 0.25) is 0 Å². The van der Waals surface area contributed by atoms with Crippen LogP contribution in [-0.2, 0) is 16.6 Å². The Kier molecular flexibility index (Phi) is 5.20. The molecule has 8 heteroatoms. The maximum Gasteiger partial charge on any atom is 0.276 e. The zero-order valence-electron chi connectivity index (χ0n) is 13.6. The summed E-state index contributed by atoms with van der Waals surface area (Å²) in [7, 11) is -3.83. The average Bonchev–Trinajstić information content (AvgIpc) is 2.53. The topological polar surface area (TPSA) is 112 Å². The van der Waals surface area contributed by atoms with Crippen molar-refractivity contribution in [1.82, 2.24) is 9.82 Å². The van der Waals surface area contributed by atoms with Gasteiger partial charge in [0.1, 0.15) is 5.75 Å². The van der Waals surface area contributed by atoms with Crippen LogP contribution in [-0.4, -0.2) is 29.8 Å². The number of aliphatic hydroxyl groups excluding tert-OH is 1. The average molecular weight is 349 g/mol. The molecule has 1 aromatic carbocycles. The highest BCUT2D eigenvalue weighted by atomic mass is 32.2.